The number of rotatable bonds is 8. The van der Waals surface area contributed by atoms with E-state index >= 15 is 0 Å². The predicted molar refractivity (Wildman–Crippen MR) is 89.8 cm³/mol. The lowest BCUT2D eigenvalue weighted by atomic mass is 10.1. The molecule has 0 heterocycles. The maximum Gasteiger partial charge on any atom is 0.337 e. The maximum absolute atomic E-state index is 12.2. The number of hydrogen-bond donors (Lipinski definition) is 2. The molecule has 0 aromatic heterocycles. The number of hydrogen-bond acceptors (Lipinski definition) is 4. The summed E-state index contributed by atoms with van der Waals surface area (Å²) in [6.07, 6.45) is 0. The van der Waals surface area contributed by atoms with Crippen molar-refractivity contribution in [3.63, 3.8) is 0 Å². The van der Waals surface area contributed by atoms with E-state index in [1.54, 1.807) is 42.5 Å². The van der Waals surface area contributed by atoms with Crippen molar-refractivity contribution >= 4 is 17.6 Å². The molecule has 6 nitrogen and oxygen atoms in total. The largest absolute Gasteiger partial charge is 0.491 e. The van der Waals surface area contributed by atoms with Crippen LogP contribution >= 0.6 is 0 Å². The number of carbonyl (C=O) groups is 2. The Morgan fingerprint density at radius 1 is 1.04 bits per heavy atom. The van der Waals surface area contributed by atoms with E-state index in [0.29, 0.717) is 31.1 Å². The van der Waals surface area contributed by atoms with Crippen molar-refractivity contribution in [3.05, 3.63) is 59.7 Å². The van der Waals surface area contributed by atoms with Crippen LogP contribution < -0.4 is 10.1 Å². The number of carboxylic acids is 1. The molecule has 2 rings (SSSR count). The molecule has 126 valence electrons. The third-order valence-corrected chi connectivity index (χ3v) is 3.22. The van der Waals surface area contributed by atoms with E-state index in [9.17, 15) is 9.59 Å². The van der Waals surface area contributed by atoms with Crippen molar-refractivity contribution in [1.29, 1.82) is 0 Å². The molecule has 0 bridgehead atoms. The first-order valence-electron chi connectivity index (χ1n) is 7.56. The van der Waals surface area contributed by atoms with Crippen LogP contribution in [0.5, 0.6) is 5.75 Å². The molecule has 2 aromatic rings. The summed E-state index contributed by atoms with van der Waals surface area (Å²) in [5.74, 6) is -0.842. The Balaban J connectivity index is 1.99. The summed E-state index contributed by atoms with van der Waals surface area (Å²) < 4.78 is 10.7. The molecule has 0 aliphatic rings. The first-order valence-corrected chi connectivity index (χ1v) is 7.56. The van der Waals surface area contributed by atoms with Crippen LogP contribution in [0.3, 0.4) is 0 Å². The van der Waals surface area contributed by atoms with Crippen molar-refractivity contribution in [1.82, 2.24) is 0 Å². The minimum Gasteiger partial charge on any atom is -0.491 e. The first-order chi connectivity index (χ1) is 11.6. The quantitative estimate of drug-likeness (QED) is 0.727. The highest BCUT2D eigenvalue weighted by molar-refractivity contribution is 6.07. The third kappa shape index (κ3) is 4.82. The van der Waals surface area contributed by atoms with Gasteiger partial charge in [-0.3, -0.25) is 4.79 Å². The lowest BCUT2D eigenvalue weighted by Crippen LogP contribution is -2.14. The second-order valence-corrected chi connectivity index (χ2v) is 4.87. The van der Waals surface area contributed by atoms with Crippen molar-refractivity contribution in [2.45, 2.75) is 6.92 Å². The van der Waals surface area contributed by atoms with E-state index in [1.807, 2.05) is 6.92 Å². The van der Waals surface area contributed by atoms with Crippen LogP contribution in [0.4, 0.5) is 5.69 Å². The number of nitrogens with one attached hydrogen (secondary N) is 1. The van der Waals surface area contributed by atoms with Crippen LogP contribution in [0.15, 0.2) is 48.5 Å². The maximum atomic E-state index is 12.2. The van der Waals surface area contributed by atoms with Crippen LogP contribution in [-0.2, 0) is 4.74 Å². The lowest BCUT2D eigenvalue weighted by molar-refractivity contribution is 0.0698. The molecule has 0 unspecified atom stereocenters. The average molecular weight is 329 g/mol. The lowest BCUT2D eigenvalue weighted by Gasteiger charge is -2.09. The average Bonchev–Trinajstić information content (AvgIpc) is 2.59. The number of benzene rings is 2. The van der Waals surface area contributed by atoms with Gasteiger partial charge in [0.2, 0.25) is 0 Å². The van der Waals surface area contributed by atoms with Gasteiger partial charge in [0, 0.05) is 12.2 Å². The molecule has 0 saturated heterocycles. The first kappa shape index (κ1) is 17.5. The Bertz CT molecular complexity index is 697. The fraction of sp³-hybridized carbons (Fsp3) is 0.222. The van der Waals surface area contributed by atoms with Gasteiger partial charge < -0.3 is 19.9 Å². The van der Waals surface area contributed by atoms with E-state index < -0.39 is 5.97 Å². The summed E-state index contributed by atoms with van der Waals surface area (Å²) in [4.78, 5) is 23.4. The van der Waals surface area contributed by atoms with Crippen molar-refractivity contribution < 1.29 is 24.2 Å². The zero-order valence-electron chi connectivity index (χ0n) is 13.3. The summed E-state index contributed by atoms with van der Waals surface area (Å²) in [5.41, 5.74) is 0.709. The molecule has 0 spiro atoms. The third-order valence-electron chi connectivity index (χ3n) is 3.22. The van der Waals surface area contributed by atoms with E-state index in [-0.39, 0.29) is 17.2 Å². The van der Waals surface area contributed by atoms with Gasteiger partial charge in [-0.05, 0) is 43.3 Å². The highest BCUT2D eigenvalue weighted by Gasteiger charge is 2.12. The molecule has 0 saturated carbocycles. The van der Waals surface area contributed by atoms with E-state index in [1.165, 1.54) is 6.07 Å². The number of anilines is 1. The van der Waals surface area contributed by atoms with Crippen LogP contribution in [0.25, 0.3) is 0 Å². The molecule has 2 N–H and O–H groups in total. The van der Waals surface area contributed by atoms with Crippen LogP contribution in [0, 0.1) is 0 Å². The van der Waals surface area contributed by atoms with Gasteiger partial charge in [0.1, 0.15) is 12.4 Å². The molecule has 0 aliphatic heterocycles. The minimum atomic E-state index is -1.09. The fourth-order valence-corrected chi connectivity index (χ4v) is 2.04. The van der Waals surface area contributed by atoms with Crippen molar-refractivity contribution in [2.24, 2.45) is 0 Å². The fourth-order valence-electron chi connectivity index (χ4n) is 2.04. The Morgan fingerprint density at radius 3 is 2.42 bits per heavy atom. The van der Waals surface area contributed by atoms with E-state index in [2.05, 4.69) is 5.32 Å². The van der Waals surface area contributed by atoms with Gasteiger partial charge in [-0.25, -0.2) is 4.79 Å². The van der Waals surface area contributed by atoms with Crippen LogP contribution in [0.2, 0.25) is 0 Å². The molecular formula is C18H19NO5. The monoisotopic (exact) mass is 329 g/mol. The van der Waals surface area contributed by atoms with E-state index in [0.717, 1.165) is 0 Å². The highest BCUT2D eigenvalue weighted by atomic mass is 16.5. The summed E-state index contributed by atoms with van der Waals surface area (Å²) in [5, 5.41) is 11.7. The number of carbonyl (C=O) groups excluding carboxylic acids is 1. The summed E-state index contributed by atoms with van der Waals surface area (Å²) in [7, 11) is 0. The summed E-state index contributed by atoms with van der Waals surface area (Å²) >= 11 is 0. The van der Waals surface area contributed by atoms with Gasteiger partial charge in [-0.15, -0.1) is 0 Å². The molecule has 1 amide bonds. The number of aromatic carboxylic acids is 1. The SMILES string of the molecule is CCOCCOc1ccc(C(=O)Nc2ccccc2C(=O)O)cc1. The number of amides is 1. The number of carboxylic acid groups (broad SMARTS) is 1. The standard InChI is InChI=1S/C18H19NO5/c1-2-23-11-12-24-14-9-7-13(8-10-14)17(20)19-16-6-4-3-5-15(16)18(21)22/h3-10H,2,11-12H2,1H3,(H,19,20)(H,21,22). The Morgan fingerprint density at radius 2 is 1.75 bits per heavy atom. The van der Waals surface area contributed by atoms with Gasteiger partial charge in [0.05, 0.1) is 17.9 Å². The van der Waals surface area contributed by atoms with Crippen LogP contribution in [-0.4, -0.2) is 36.8 Å². The number of ether oxygens (including phenoxy) is 2. The van der Waals surface area contributed by atoms with E-state index in [4.69, 9.17) is 14.6 Å². The Kier molecular flexibility index (Phi) is 6.33. The molecule has 0 aliphatic carbocycles. The number of para-hydroxylation sites is 1. The normalized spacial score (nSPS) is 10.2. The van der Waals surface area contributed by atoms with Gasteiger partial charge in [0.15, 0.2) is 0 Å². The van der Waals surface area contributed by atoms with Gasteiger partial charge >= 0.3 is 5.97 Å². The smallest absolute Gasteiger partial charge is 0.337 e. The molecule has 0 fully saturated rings. The van der Waals surface area contributed by atoms with Crippen LogP contribution in [0.1, 0.15) is 27.6 Å². The molecule has 0 radical (unpaired) electrons. The summed E-state index contributed by atoms with van der Waals surface area (Å²) in [6.45, 7) is 3.49. The van der Waals surface area contributed by atoms with Crippen molar-refractivity contribution in [2.75, 3.05) is 25.1 Å². The molecule has 6 heteroatoms. The Labute approximate surface area is 140 Å². The minimum absolute atomic E-state index is 0.0433. The zero-order chi connectivity index (χ0) is 17.4. The zero-order valence-corrected chi connectivity index (χ0v) is 13.3. The molecule has 24 heavy (non-hydrogen) atoms. The molecule has 2 aromatic carbocycles. The summed E-state index contributed by atoms with van der Waals surface area (Å²) in [6, 6.07) is 12.9. The second-order valence-electron chi connectivity index (χ2n) is 4.87. The van der Waals surface area contributed by atoms with Gasteiger partial charge in [-0.1, -0.05) is 12.1 Å². The van der Waals surface area contributed by atoms with Gasteiger partial charge in [0.25, 0.3) is 5.91 Å². The van der Waals surface area contributed by atoms with Crippen molar-refractivity contribution in [3.8, 4) is 5.75 Å². The Hall–Kier alpha value is -2.86. The molecular weight excluding hydrogens is 310 g/mol. The molecule has 0 atom stereocenters. The highest BCUT2D eigenvalue weighted by Crippen LogP contribution is 2.17. The topological polar surface area (TPSA) is 84.9 Å². The van der Waals surface area contributed by atoms with Gasteiger partial charge in [-0.2, -0.15) is 0 Å². The second kappa shape index (κ2) is 8.69. The predicted octanol–water partition coefficient (Wildman–Crippen LogP) is 3.05.